The molecule has 0 radical (unpaired) electrons. The number of ether oxygens (including phenoxy) is 1. The fourth-order valence-electron chi connectivity index (χ4n) is 3.39. The number of aryl methyl sites for hydroxylation is 1. The first-order chi connectivity index (χ1) is 15.9. The van der Waals surface area contributed by atoms with E-state index in [1.807, 2.05) is 42.5 Å². The molecule has 4 aromatic rings. The number of sulfonamides is 1. The smallest absolute Gasteiger partial charge is 0.266 e. The molecule has 0 aliphatic rings. The molecular weight excluding hydrogens is 504 g/mol. The number of nitrogens with one attached hydrogen (secondary N) is 2. The second kappa shape index (κ2) is 9.76. The molecule has 9 heteroatoms. The summed E-state index contributed by atoms with van der Waals surface area (Å²) in [6, 6.07) is 20.0. The van der Waals surface area contributed by atoms with Gasteiger partial charge in [-0.1, -0.05) is 53.2 Å². The van der Waals surface area contributed by atoms with Crippen LogP contribution in [0.15, 0.2) is 76.1 Å². The van der Waals surface area contributed by atoms with Crippen LogP contribution >= 0.6 is 15.9 Å². The first-order valence-corrected chi connectivity index (χ1v) is 12.8. The molecule has 0 bridgehead atoms. The van der Waals surface area contributed by atoms with Crippen molar-refractivity contribution < 1.29 is 13.2 Å². The number of anilines is 3. The molecule has 0 fully saturated rings. The van der Waals surface area contributed by atoms with Crippen LogP contribution in [0.2, 0.25) is 0 Å². The van der Waals surface area contributed by atoms with E-state index in [-0.39, 0.29) is 16.5 Å². The Bertz CT molecular complexity index is 1410. The van der Waals surface area contributed by atoms with Gasteiger partial charge in [-0.25, -0.2) is 18.4 Å². The van der Waals surface area contributed by atoms with E-state index in [1.165, 1.54) is 6.07 Å². The number of rotatable bonds is 8. The Hall–Kier alpha value is -3.17. The number of para-hydroxylation sites is 3. The van der Waals surface area contributed by atoms with Crippen molar-refractivity contribution in [3.05, 3.63) is 76.8 Å². The number of aromatic nitrogens is 2. The van der Waals surface area contributed by atoms with Crippen molar-refractivity contribution in [2.75, 3.05) is 16.6 Å². The van der Waals surface area contributed by atoms with Crippen LogP contribution in [-0.4, -0.2) is 25.0 Å². The van der Waals surface area contributed by atoms with Crippen molar-refractivity contribution >= 4 is 54.3 Å². The van der Waals surface area contributed by atoms with Crippen molar-refractivity contribution in [2.24, 2.45) is 0 Å². The molecule has 33 heavy (non-hydrogen) atoms. The molecule has 0 saturated heterocycles. The number of fused-ring (bicyclic) bond motifs is 1. The Morgan fingerprint density at radius 1 is 0.909 bits per heavy atom. The molecule has 1 heterocycles. The average molecular weight is 527 g/mol. The molecule has 0 unspecified atom stereocenters. The van der Waals surface area contributed by atoms with E-state index in [0.717, 1.165) is 17.7 Å². The predicted molar refractivity (Wildman–Crippen MR) is 135 cm³/mol. The van der Waals surface area contributed by atoms with E-state index < -0.39 is 10.0 Å². The van der Waals surface area contributed by atoms with E-state index in [1.54, 1.807) is 25.1 Å². The monoisotopic (exact) mass is 526 g/mol. The third-order valence-electron chi connectivity index (χ3n) is 4.95. The summed E-state index contributed by atoms with van der Waals surface area (Å²) in [4.78, 5) is 9.23. The third-order valence-corrected chi connectivity index (χ3v) is 6.80. The van der Waals surface area contributed by atoms with Crippen LogP contribution < -0.4 is 14.8 Å². The molecule has 0 aliphatic carbocycles. The van der Waals surface area contributed by atoms with Gasteiger partial charge in [0.25, 0.3) is 10.0 Å². The lowest BCUT2D eigenvalue weighted by Crippen LogP contribution is -2.17. The lowest BCUT2D eigenvalue weighted by Gasteiger charge is -2.17. The third kappa shape index (κ3) is 5.09. The lowest BCUT2D eigenvalue weighted by atomic mass is 10.1. The molecule has 0 spiro atoms. The van der Waals surface area contributed by atoms with Crippen LogP contribution in [0.3, 0.4) is 0 Å². The van der Waals surface area contributed by atoms with Crippen LogP contribution in [0.1, 0.15) is 19.4 Å². The summed E-state index contributed by atoms with van der Waals surface area (Å²) in [7, 11) is -4.04. The van der Waals surface area contributed by atoms with Gasteiger partial charge in [0.05, 0.1) is 17.6 Å². The number of hydrogen-bond donors (Lipinski definition) is 2. The van der Waals surface area contributed by atoms with E-state index in [2.05, 4.69) is 42.9 Å². The van der Waals surface area contributed by atoms with Gasteiger partial charge in [-0.3, -0.25) is 4.72 Å². The van der Waals surface area contributed by atoms with Gasteiger partial charge < -0.3 is 10.1 Å². The van der Waals surface area contributed by atoms with E-state index in [4.69, 9.17) is 4.74 Å². The molecule has 4 rings (SSSR count). The van der Waals surface area contributed by atoms with Crippen molar-refractivity contribution in [1.82, 2.24) is 9.97 Å². The Labute approximate surface area is 201 Å². The fraction of sp³-hybridized carbons (Fsp3) is 0.167. The van der Waals surface area contributed by atoms with Crippen LogP contribution in [0.25, 0.3) is 11.0 Å². The largest absolute Gasteiger partial charge is 0.492 e. The quantitative estimate of drug-likeness (QED) is 0.297. The van der Waals surface area contributed by atoms with Gasteiger partial charge in [-0.15, -0.1) is 0 Å². The number of hydrogen-bond acceptors (Lipinski definition) is 6. The van der Waals surface area contributed by atoms with Gasteiger partial charge in [0, 0.05) is 10.2 Å². The summed E-state index contributed by atoms with van der Waals surface area (Å²) in [5.74, 6) is 0.668. The molecule has 2 N–H and O–H groups in total. The number of benzene rings is 3. The minimum absolute atomic E-state index is 0.00796. The van der Waals surface area contributed by atoms with Gasteiger partial charge in [0.15, 0.2) is 11.6 Å². The maximum absolute atomic E-state index is 13.4. The Balaban J connectivity index is 1.81. The fourth-order valence-corrected chi connectivity index (χ4v) is 5.08. The zero-order valence-corrected chi connectivity index (χ0v) is 20.6. The summed E-state index contributed by atoms with van der Waals surface area (Å²) in [6.07, 6.45) is 0.807. The normalized spacial score (nSPS) is 11.4. The standard InChI is InChI=1S/C24H23BrN4O3S/c1-3-16-9-5-6-10-18(16)26-23-24(28-20-12-8-7-11-19(20)27-23)29-33(30,31)22-15-17(25)13-14-21(22)32-4-2/h5-15H,3-4H2,1-2H3,(H,26,27)(H,28,29). The summed E-state index contributed by atoms with van der Waals surface area (Å²) >= 11 is 3.34. The Kier molecular flexibility index (Phi) is 6.80. The SMILES string of the molecule is CCOc1ccc(Br)cc1S(=O)(=O)Nc1nc2ccccc2nc1Nc1ccccc1CC. The maximum Gasteiger partial charge on any atom is 0.266 e. The topological polar surface area (TPSA) is 93.2 Å². The van der Waals surface area contributed by atoms with Gasteiger partial charge in [-0.05, 0) is 55.3 Å². The van der Waals surface area contributed by atoms with Gasteiger partial charge in [0.2, 0.25) is 0 Å². The van der Waals surface area contributed by atoms with Crippen LogP contribution in [0.5, 0.6) is 5.75 Å². The summed E-state index contributed by atoms with van der Waals surface area (Å²) in [5.41, 5.74) is 3.13. The predicted octanol–water partition coefficient (Wildman–Crippen LogP) is 5.90. The van der Waals surface area contributed by atoms with Crippen LogP contribution in [-0.2, 0) is 16.4 Å². The van der Waals surface area contributed by atoms with Gasteiger partial charge in [-0.2, -0.15) is 0 Å². The van der Waals surface area contributed by atoms with E-state index in [0.29, 0.717) is 27.9 Å². The van der Waals surface area contributed by atoms with Crippen molar-refractivity contribution in [1.29, 1.82) is 0 Å². The zero-order valence-electron chi connectivity index (χ0n) is 18.2. The molecule has 0 atom stereocenters. The van der Waals surface area contributed by atoms with Crippen molar-refractivity contribution in [3.63, 3.8) is 0 Å². The summed E-state index contributed by atoms with van der Waals surface area (Å²) in [5, 5.41) is 3.27. The molecule has 0 amide bonds. The number of nitrogens with zero attached hydrogens (tertiary/aromatic N) is 2. The molecule has 1 aromatic heterocycles. The number of halogens is 1. The van der Waals surface area contributed by atoms with Crippen molar-refractivity contribution in [2.45, 2.75) is 25.2 Å². The summed E-state index contributed by atoms with van der Waals surface area (Å²) < 4.78 is 35.6. The van der Waals surface area contributed by atoms with Gasteiger partial charge in [0.1, 0.15) is 10.6 Å². The lowest BCUT2D eigenvalue weighted by molar-refractivity contribution is 0.331. The maximum atomic E-state index is 13.4. The first-order valence-electron chi connectivity index (χ1n) is 10.5. The highest BCUT2D eigenvalue weighted by molar-refractivity contribution is 9.10. The minimum Gasteiger partial charge on any atom is -0.492 e. The molecule has 0 aliphatic heterocycles. The summed E-state index contributed by atoms with van der Waals surface area (Å²) in [6.45, 7) is 4.19. The Morgan fingerprint density at radius 2 is 1.58 bits per heavy atom. The highest BCUT2D eigenvalue weighted by Gasteiger charge is 2.23. The molecular formula is C24H23BrN4O3S. The van der Waals surface area contributed by atoms with E-state index in [9.17, 15) is 8.42 Å². The van der Waals surface area contributed by atoms with Crippen LogP contribution in [0, 0.1) is 0 Å². The molecule has 0 saturated carbocycles. The minimum atomic E-state index is -4.04. The molecule has 170 valence electrons. The highest BCUT2D eigenvalue weighted by Crippen LogP contribution is 2.32. The van der Waals surface area contributed by atoms with Crippen LogP contribution in [0.4, 0.5) is 17.3 Å². The zero-order chi connectivity index (χ0) is 23.4. The first kappa shape index (κ1) is 23.0. The molecule has 7 nitrogen and oxygen atoms in total. The average Bonchev–Trinajstić information content (AvgIpc) is 2.81. The highest BCUT2D eigenvalue weighted by atomic mass is 79.9. The second-order valence-corrected chi connectivity index (χ2v) is 9.74. The van der Waals surface area contributed by atoms with Gasteiger partial charge >= 0.3 is 0 Å². The Morgan fingerprint density at radius 3 is 2.27 bits per heavy atom. The van der Waals surface area contributed by atoms with Crippen molar-refractivity contribution in [3.8, 4) is 5.75 Å². The van der Waals surface area contributed by atoms with E-state index >= 15 is 0 Å². The second-order valence-electron chi connectivity index (χ2n) is 7.17. The molecule has 3 aromatic carbocycles.